The van der Waals surface area contributed by atoms with Crippen molar-refractivity contribution in [1.82, 2.24) is 0 Å². The number of benzene rings is 2. The van der Waals surface area contributed by atoms with Crippen molar-refractivity contribution in [2.45, 2.75) is 6.92 Å². The summed E-state index contributed by atoms with van der Waals surface area (Å²) in [6.07, 6.45) is 0. The Morgan fingerprint density at radius 1 is 1.20 bits per heavy atom. The maximum absolute atomic E-state index is 11.9. The standard InChI is InChI=1S/C14H12N2O4/c1-9-2-5-11(6-3-9)20-14(17)10-4-7-12(15)13(8-10)16(18)19/h2-8H,15H2,1H3. The van der Waals surface area contributed by atoms with Crippen LogP contribution in [0, 0.1) is 17.0 Å². The average Bonchev–Trinajstić information content (AvgIpc) is 2.41. The lowest BCUT2D eigenvalue weighted by Crippen LogP contribution is -2.09. The summed E-state index contributed by atoms with van der Waals surface area (Å²) in [5, 5.41) is 10.8. The molecule has 102 valence electrons. The molecule has 0 radical (unpaired) electrons. The van der Waals surface area contributed by atoms with Crippen LogP contribution in [0.15, 0.2) is 42.5 Å². The number of esters is 1. The van der Waals surface area contributed by atoms with Crippen molar-refractivity contribution in [3.8, 4) is 5.75 Å². The lowest BCUT2D eigenvalue weighted by Gasteiger charge is -2.05. The number of carbonyl (C=O) groups excluding carboxylic acids is 1. The molecular weight excluding hydrogens is 260 g/mol. The van der Waals surface area contributed by atoms with Gasteiger partial charge in [-0.2, -0.15) is 0 Å². The lowest BCUT2D eigenvalue weighted by atomic mass is 10.2. The molecule has 0 amide bonds. The van der Waals surface area contributed by atoms with Crippen molar-refractivity contribution < 1.29 is 14.5 Å². The van der Waals surface area contributed by atoms with Crippen LogP contribution in [-0.2, 0) is 0 Å². The van der Waals surface area contributed by atoms with Crippen LogP contribution in [-0.4, -0.2) is 10.9 Å². The fourth-order valence-electron chi connectivity index (χ4n) is 1.60. The molecule has 2 aromatic carbocycles. The van der Waals surface area contributed by atoms with E-state index in [2.05, 4.69) is 0 Å². The Kier molecular flexibility index (Phi) is 3.65. The third kappa shape index (κ3) is 2.92. The van der Waals surface area contributed by atoms with Crippen molar-refractivity contribution in [3.63, 3.8) is 0 Å². The normalized spacial score (nSPS) is 10.1. The number of aryl methyl sites for hydroxylation is 1. The zero-order valence-corrected chi connectivity index (χ0v) is 10.7. The fourth-order valence-corrected chi connectivity index (χ4v) is 1.60. The molecule has 0 heterocycles. The van der Waals surface area contributed by atoms with Gasteiger partial charge in [0, 0.05) is 6.07 Å². The molecule has 2 aromatic rings. The number of nitrogens with zero attached hydrogens (tertiary/aromatic N) is 1. The molecule has 2 rings (SSSR count). The van der Waals surface area contributed by atoms with Gasteiger partial charge in [-0.3, -0.25) is 10.1 Å². The van der Waals surface area contributed by atoms with Gasteiger partial charge in [0.15, 0.2) is 0 Å². The molecule has 6 nitrogen and oxygen atoms in total. The number of nitro benzene ring substituents is 1. The van der Waals surface area contributed by atoms with E-state index in [9.17, 15) is 14.9 Å². The highest BCUT2D eigenvalue weighted by Gasteiger charge is 2.16. The van der Waals surface area contributed by atoms with Gasteiger partial charge >= 0.3 is 5.97 Å². The van der Waals surface area contributed by atoms with E-state index in [1.165, 1.54) is 12.1 Å². The number of nitro groups is 1. The maximum Gasteiger partial charge on any atom is 0.343 e. The second-order valence-electron chi connectivity index (χ2n) is 4.23. The number of hydrogen-bond donors (Lipinski definition) is 1. The molecule has 6 heteroatoms. The van der Waals surface area contributed by atoms with E-state index >= 15 is 0 Å². The molecule has 0 unspecified atom stereocenters. The fraction of sp³-hybridized carbons (Fsp3) is 0.0714. The number of nitrogens with two attached hydrogens (primary N) is 1. The summed E-state index contributed by atoms with van der Waals surface area (Å²) in [4.78, 5) is 22.0. The molecule has 0 aliphatic carbocycles. The first-order valence-corrected chi connectivity index (χ1v) is 5.80. The topological polar surface area (TPSA) is 95.5 Å². The van der Waals surface area contributed by atoms with Crippen molar-refractivity contribution >= 4 is 17.3 Å². The monoisotopic (exact) mass is 272 g/mol. The van der Waals surface area contributed by atoms with Crippen LogP contribution in [0.2, 0.25) is 0 Å². The highest BCUT2D eigenvalue weighted by molar-refractivity contribution is 5.92. The molecule has 0 aliphatic rings. The maximum atomic E-state index is 11.9. The predicted molar refractivity (Wildman–Crippen MR) is 73.6 cm³/mol. The SMILES string of the molecule is Cc1ccc(OC(=O)c2ccc(N)c([N+](=O)[O-])c2)cc1. The van der Waals surface area contributed by atoms with Gasteiger partial charge in [0.2, 0.25) is 0 Å². The second-order valence-corrected chi connectivity index (χ2v) is 4.23. The summed E-state index contributed by atoms with van der Waals surface area (Å²) in [5.74, 6) is -0.294. The van der Waals surface area contributed by atoms with Gasteiger partial charge < -0.3 is 10.5 Å². The van der Waals surface area contributed by atoms with Crippen LogP contribution in [0.3, 0.4) is 0 Å². The van der Waals surface area contributed by atoms with Gasteiger partial charge in [-0.05, 0) is 31.2 Å². The molecule has 0 fully saturated rings. The van der Waals surface area contributed by atoms with Crippen LogP contribution >= 0.6 is 0 Å². The van der Waals surface area contributed by atoms with Gasteiger partial charge in [0.25, 0.3) is 5.69 Å². The summed E-state index contributed by atoms with van der Waals surface area (Å²) < 4.78 is 5.13. The largest absolute Gasteiger partial charge is 0.423 e. The minimum absolute atomic E-state index is 0.00175. The Labute approximate surface area is 114 Å². The molecule has 0 saturated heterocycles. The Balaban J connectivity index is 2.23. The Morgan fingerprint density at radius 3 is 2.45 bits per heavy atom. The van der Waals surface area contributed by atoms with Crippen molar-refractivity contribution in [2.75, 3.05) is 5.73 Å². The van der Waals surface area contributed by atoms with Gasteiger partial charge in [0.1, 0.15) is 11.4 Å². The first-order valence-electron chi connectivity index (χ1n) is 5.80. The van der Waals surface area contributed by atoms with E-state index in [-0.39, 0.29) is 16.9 Å². The number of hydrogen-bond acceptors (Lipinski definition) is 5. The number of anilines is 1. The van der Waals surface area contributed by atoms with E-state index in [1.807, 2.05) is 6.92 Å². The molecule has 2 N–H and O–H groups in total. The zero-order chi connectivity index (χ0) is 14.7. The molecule has 20 heavy (non-hydrogen) atoms. The van der Waals surface area contributed by atoms with E-state index < -0.39 is 10.9 Å². The van der Waals surface area contributed by atoms with Gasteiger partial charge in [0.05, 0.1) is 10.5 Å². The van der Waals surface area contributed by atoms with E-state index in [4.69, 9.17) is 10.5 Å². The Hall–Kier alpha value is -2.89. The Bertz CT molecular complexity index is 665. The summed E-state index contributed by atoms with van der Waals surface area (Å²) in [5.41, 5.74) is 6.26. The molecule has 0 aliphatic heterocycles. The Morgan fingerprint density at radius 2 is 1.85 bits per heavy atom. The zero-order valence-electron chi connectivity index (χ0n) is 10.7. The quantitative estimate of drug-likeness (QED) is 0.305. The summed E-state index contributed by atoms with van der Waals surface area (Å²) in [7, 11) is 0. The third-order valence-corrected chi connectivity index (χ3v) is 2.69. The minimum Gasteiger partial charge on any atom is -0.423 e. The lowest BCUT2D eigenvalue weighted by molar-refractivity contribution is -0.383. The molecular formula is C14H12N2O4. The van der Waals surface area contributed by atoms with Crippen LogP contribution in [0.5, 0.6) is 5.75 Å². The molecule has 0 bridgehead atoms. The molecule has 0 saturated carbocycles. The van der Waals surface area contributed by atoms with Crippen molar-refractivity contribution in [1.29, 1.82) is 0 Å². The molecule has 0 spiro atoms. The summed E-state index contributed by atoms with van der Waals surface area (Å²) >= 11 is 0. The van der Waals surface area contributed by atoms with E-state index in [0.717, 1.165) is 11.6 Å². The third-order valence-electron chi connectivity index (χ3n) is 2.69. The van der Waals surface area contributed by atoms with Crippen LogP contribution in [0.1, 0.15) is 15.9 Å². The van der Waals surface area contributed by atoms with E-state index in [1.54, 1.807) is 24.3 Å². The highest BCUT2D eigenvalue weighted by atomic mass is 16.6. The van der Waals surface area contributed by atoms with Crippen LogP contribution in [0.4, 0.5) is 11.4 Å². The smallest absolute Gasteiger partial charge is 0.343 e. The van der Waals surface area contributed by atoms with Crippen LogP contribution < -0.4 is 10.5 Å². The second kappa shape index (κ2) is 5.40. The highest BCUT2D eigenvalue weighted by Crippen LogP contribution is 2.23. The van der Waals surface area contributed by atoms with Gasteiger partial charge in [-0.1, -0.05) is 17.7 Å². The van der Waals surface area contributed by atoms with Gasteiger partial charge in [-0.25, -0.2) is 4.79 Å². The van der Waals surface area contributed by atoms with Gasteiger partial charge in [-0.15, -0.1) is 0 Å². The minimum atomic E-state index is -0.669. The van der Waals surface area contributed by atoms with Crippen molar-refractivity contribution in [2.24, 2.45) is 0 Å². The first-order chi connectivity index (χ1) is 9.47. The van der Waals surface area contributed by atoms with Crippen molar-refractivity contribution in [3.05, 3.63) is 63.7 Å². The molecule has 0 atom stereocenters. The summed E-state index contributed by atoms with van der Waals surface area (Å²) in [6.45, 7) is 1.91. The first kappa shape index (κ1) is 13.5. The number of rotatable bonds is 3. The van der Waals surface area contributed by atoms with Crippen LogP contribution in [0.25, 0.3) is 0 Å². The number of ether oxygens (including phenoxy) is 1. The molecule has 0 aromatic heterocycles. The number of nitrogen functional groups attached to an aromatic ring is 1. The van der Waals surface area contributed by atoms with E-state index in [0.29, 0.717) is 5.75 Å². The predicted octanol–water partition coefficient (Wildman–Crippen LogP) is 2.70. The number of carbonyl (C=O) groups is 1. The summed E-state index contributed by atoms with van der Waals surface area (Å²) in [6, 6.07) is 10.7. The average molecular weight is 272 g/mol.